The predicted molar refractivity (Wildman–Crippen MR) is 126 cm³/mol. The van der Waals surface area contributed by atoms with Crippen LogP contribution in [0.2, 0.25) is 5.02 Å². The molecule has 0 saturated carbocycles. The smallest absolute Gasteiger partial charge is 0.416 e. The Bertz CT molecular complexity index is 1600. The van der Waals surface area contributed by atoms with Crippen molar-refractivity contribution in [2.24, 2.45) is 0 Å². The molecule has 0 spiro atoms. The fraction of sp³-hybridized carbons (Fsp3) is 0.125. The van der Waals surface area contributed by atoms with Gasteiger partial charge in [-0.3, -0.25) is 0 Å². The van der Waals surface area contributed by atoms with Crippen LogP contribution in [0.5, 0.6) is 6.01 Å². The lowest BCUT2D eigenvalue weighted by Gasteiger charge is -2.10. The summed E-state index contributed by atoms with van der Waals surface area (Å²) in [7, 11) is 1.45. The van der Waals surface area contributed by atoms with Gasteiger partial charge in [0.25, 0.3) is 0 Å². The van der Waals surface area contributed by atoms with Crippen molar-refractivity contribution in [1.82, 2.24) is 29.4 Å². The van der Waals surface area contributed by atoms with Crippen molar-refractivity contribution in [2.45, 2.75) is 12.7 Å². The van der Waals surface area contributed by atoms with Crippen molar-refractivity contribution in [3.05, 3.63) is 93.8 Å². The fourth-order valence-corrected chi connectivity index (χ4v) is 3.84. The van der Waals surface area contributed by atoms with Gasteiger partial charge in [0, 0.05) is 34.1 Å². The average Bonchev–Trinajstić information content (AvgIpc) is 3.19. The molecule has 0 bridgehead atoms. The summed E-state index contributed by atoms with van der Waals surface area (Å²) in [6, 6.07) is 11.8. The average molecular weight is 513 g/mol. The molecular weight excluding hydrogens is 497 g/mol. The van der Waals surface area contributed by atoms with Gasteiger partial charge in [-0.05, 0) is 35.4 Å². The number of benzene rings is 2. The first-order valence-corrected chi connectivity index (χ1v) is 10.9. The number of fused-ring (bicyclic) bond motifs is 1. The van der Waals surface area contributed by atoms with Crippen LogP contribution in [-0.2, 0) is 12.7 Å². The summed E-state index contributed by atoms with van der Waals surface area (Å²) in [5, 5.41) is 9.31. The quantitative estimate of drug-likeness (QED) is 0.338. The van der Waals surface area contributed by atoms with E-state index in [1.165, 1.54) is 25.4 Å². The normalized spacial score (nSPS) is 11.7. The fourth-order valence-electron chi connectivity index (χ4n) is 3.72. The number of hydrogen-bond donors (Lipinski definition) is 0. The van der Waals surface area contributed by atoms with Crippen molar-refractivity contribution in [3.8, 4) is 28.3 Å². The third-order valence-electron chi connectivity index (χ3n) is 5.48. The molecule has 0 radical (unpaired) electrons. The van der Waals surface area contributed by atoms with E-state index < -0.39 is 17.4 Å². The largest absolute Gasteiger partial charge is 0.467 e. The van der Waals surface area contributed by atoms with Gasteiger partial charge in [0.1, 0.15) is 0 Å². The van der Waals surface area contributed by atoms with Gasteiger partial charge in [0.05, 0.1) is 25.4 Å². The van der Waals surface area contributed by atoms with Crippen molar-refractivity contribution >= 4 is 17.2 Å². The number of methoxy groups -OCH3 is 1. The van der Waals surface area contributed by atoms with Gasteiger partial charge in [-0.15, -0.1) is 5.10 Å². The van der Waals surface area contributed by atoms with E-state index in [0.29, 0.717) is 27.3 Å². The van der Waals surface area contributed by atoms with Crippen molar-refractivity contribution in [1.29, 1.82) is 0 Å². The third-order valence-corrected chi connectivity index (χ3v) is 5.73. The lowest BCUT2D eigenvalue weighted by molar-refractivity contribution is -0.137. The van der Waals surface area contributed by atoms with E-state index in [-0.39, 0.29) is 18.2 Å². The Morgan fingerprint density at radius 1 is 0.944 bits per heavy atom. The van der Waals surface area contributed by atoms with E-state index >= 15 is 0 Å². The van der Waals surface area contributed by atoms with Crippen LogP contribution in [0.15, 0.2) is 71.9 Å². The molecule has 5 aromatic rings. The summed E-state index contributed by atoms with van der Waals surface area (Å²) in [4.78, 5) is 21.4. The summed E-state index contributed by atoms with van der Waals surface area (Å²) in [6.07, 6.45) is 0.164. The number of ether oxygens (including phenoxy) is 1. The minimum atomic E-state index is -4.45. The monoisotopic (exact) mass is 512 g/mol. The Morgan fingerprint density at radius 3 is 2.22 bits per heavy atom. The maximum atomic E-state index is 13.1. The first-order chi connectivity index (χ1) is 17.2. The summed E-state index contributed by atoms with van der Waals surface area (Å²) in [6.45, 7) is -0.0465. The lowest BCUT2D eigenvalue weighted by atomic mass is 9.99. The van der Waals surface area contributed by atoms with Crippen LogP contribution in [0.25, 0.3) is 27.9 Å². The molecule has 36 heavy (non-hydrogen) atoms. The van der Waals surface area contributed by atoms with Gasteiger partial charge < -0.3 is 4.74 Å². The van der Waals surface area contributed by atoms with Gasteiger partial charge in [0.15, 0.2) is 5.65 Å². The standard InChI is InChI=1S/C24H16ClF3N6O2/c1-36-22-29-10-16(11-30-22)20-19(15-4-8-18(25)9-5-15)12-31-34-21(20)32-33(23(34)35)13-14-2-6-17(7-3-14)24(26,27)28/h2-12H,13H2,1H3. The van der Waals surface area contributed by atoms with Crippen LogP contribution >= 0.6 is 11.6 Å². The molecule has 0 aliphatic carbocycles. The Labute approximate surface area is 206 Å². The first-order valence-electron chi connectivity index (χ1n) is 10.5. The van der Waals surface area contributed by atoms with Gasteiger partial charge in [-0.25, -0.2) is 19.4 Å². The molecule has 0 aliphatic rings. The number of alkyl halides is 3. The Hall–Kier alpha value is -4.25. The molecule has 3 heterocycles. The number of nitrogens with zero attached hydrogens (tertiary/aromatic N) is 6. The minimum Gasteiger partial charge on any atom is -0.467 e. The second kappa shape index (κ2) is 9.08. The molecule has 0 N–H and O–H groups in total. The maximum absolute atomic E-state index is 13.1. The van der Waals surface area contributed by atoms with Crippen molar-refractivity contribution in [2.75, 3.05) is 7.11 Å². The minimum absolute atomic E-state index is 0.0465. The molecule has 8 nitrogen and oxygen atoms in total. The zero-order valence-corrected chi connectivity index (χ0v) is 19.3. The molecule has 0 unspecified atom stereocenters. The molecule has 3 aromatic heterocycles. The Balaban J connectivity index is 1.65. The first kappa shape index (κ1) is 23.5. The third kappa shape index (κ3) is 4.40. The molecule has 2 aromatic carbocycles. The lowest BCUT2D eigenvalue weighted by Crippen LogP contribution is -2.23. The topological polar surface area (TPSA) is 87.2 Å². The number of halogens is 4. The van der Waals surface area contributed by atoms with Gasteiger partial charge in [-0.1, -0.05) is 35.9 Å². The van der Waals surface area contributed by atoms with Gasteiger partial charge >= 0.3 is 17.9 Å². The van der Waals surface area contributed by atoms with E-state index in [4.69, 9.17) is 16.3 Å². The highest BCUT2D eigenvalue weighted by Crippen LogP contribution is 2.34. The van der Waals surface area contributed by atoms with Crippen LogP contribution in [0.1, 0.15) is 11.1 Å². The van der Waals surface area contributed by atoms with Crippen LogP contribution in [0, 0.1) is 0 Å². The zero-order chi connectivity index (χ0) is 25.4. The van der Waals surface area contributed by atoms with Crippen LogP contribution < -0.4 is 10.4 Å². The van der Waals surface area contributed by atoms with Gasteiger partial charge in [0.2, 0.25) is 0 Å². The Kier molecular flexibility index (Phi) is 5.92. The molecule has 5 rings (SSSR count). The Morgan fingerprint density at radius 2 is 1.61 bits per heavy atom. The van der Waals surface area contributed by atoms with Crippen LogP contribution in [-0.4, -0.2) is 36.5 Å². The van der Waals surface area contributed by atoms with Crippen molar-refractivity contribution in [3.63, 3.8) is 0 Å². The molecule has 12 heteroatoms. The molecule has 182 valence electrons. The van der Waals surface area contributed by atoms with E-state index in [1.54, 1.807) is 36.7 Å². The van der Waals surface area contributed by atoms with Crippen molar-refractivity contribution < 1.29 is 17.9 Å². The second-order valence-corrected chi connectivity index (χ2v) is 8.21. The maximum Gasteiger partial charge on any atom is 0.416 e. The van der Waals surface area contributed by atoms with Crippen LogP contribution in [0.3, 0.4) is 0 Å². The van der Waals surface area contributed by atoms with E-state index in [9.17, 15) is 18.0 Å². The highest BCUT2D eigenvalue weighted by molar-refractivity contribution is 6.30. The number of hydrogen-bond acceptors (Lipinski definition) is 6. The predicted octanol–water partition coefficient (Wildman–Crippen LogP) is 4.74. The van der Waals surface area contributed by atoms with Gasteiger partial charge in [-0.2, -0.15) is 22.8 Å². The molecular formula is C24H16ClF3N6O2. The van der Waals surface area contributed by atoms with Crippen LogP contribution in [0.4, 0.5) is 13.2 Å². The molecule has 0 aliphatic heterocycles. The SMILES string of the molecule is COc1ncc(-c2c(-c3ccc(Cl)cc3)cnn3c(=O)n(Cc4ccc(C(F)(F)F)cc4)nc23)cn1. The second-order valence-electron chi connectivity index (χ2n) is 7.77. The number of rotatable bonds is 5. The summed E-state index contributed by atoms with van der Waals surface area (Å²) >= 11 is 6.05. The van der Waals surface area contributed by atoms with E-state index in [1.807, 2.05) is 0 Å². The molecule has 0 fully saturated rings. The molecule has 0 atom stereocenters. The highest BCUT2D eigenvalue weighted by Gasteiger charge is 2.30. The van der Waals surface area contributed by atoms with E-state index in [2.05, 4.69) is 20.2 Å². The molecule has 0 saturated heterocycles. The number of aromatic nitrogens is 6. The zero-order valence-electron chi connectivity index (χ0n) is 18.6. The molecule has 0 amide bonds. The summed E-state index contributed by atoms with van der Waals surface area (Å²) in [5.41, 5.74) is 1.89. The highest BCUT2D eigenvalue weighted by atomic mass is 35.5. The van der Waals surface area contributed by atoms with E-state index in [0.717, 1.165) is 26.9 Å². The summed E-state index contributed by atoms with van der Waals surface area (Å²) < 4.78 is 46.0. The summed E-state index contributed by atoms with van der Waals surface area (Å²) in [5.74, 6) is 0.